The van der Waals surface area contributed by atoms with Gasteiger partial charge in [-0.15, -0.1) is 0 Å². The number of aliphatic hydroxyl groups excluding tert-OH is 2. The first-order valence-electron chi connectivity index (χ1n) is 9.58. The van der Waals surface area contributed by atoms with E-state index in [2.05, 4.69) is 0 Å². The van der Waals surface area contributed by atoms with Crippen molar-refractivity contribution < 1.29 is 37.9 Å². The number of H-pyrrole nitrogens is 1. The molecule has 1 aliphatic rings. The molecule has 1 saturated heterocycles. The summed E-state index contributed by atoms with van der Waals surface area (Å²) < 4.78 is 33.6. The summed E-state index contributed by atoms with van der Waals surface area (Å²) in [6.07, 6.45) is -4.77. The molecular formula is C19H19N2O11P. The largest absolute Gasteiger partial charge is 0.527 e. The lowest BCUT2D eigenvalue weighted by Crippen LogP contribution is -2.37. The van der Waals surface area contributed by atoms with Crippen LogP contribution in [0.15, 0.2) is 55.3 Å². The Labute approximate surface area is 184 Å². The summed E-state index contributed by atoms with van der Waals surface area (Å²) in [7, 11) is -4.73. The summed E-state index contributed by atoms with van der Waals surface area (Å²) in [5.41, 5.74) is -1.34. The van der Waals surface area contributed by atoms with E-state index in [0.29, 0.717) is 10.9 Å². The molecule has 5 atom stereocenters. The first kappa shape index (κ1) is 23.1. The molecule has 1 aliphatic heterocycles. The molecule has 0 amide bonds. The summed E-state index contributed by atoms with van der Waals surface area (Å²) in [5, 5.41) is 21.0. The SMILES string of the molecule is Cc1cc(=O)oc2cc(OP(=O)(O)OC[C@H]3O[C@@H](n4ccc(=O)[nH]c4=O)[C@H](O)[C@@H]3O)ccc12. The summed E-state index contributed by atoms with van der Waals surface area (Å²) in [6.45, 7) is 1.03. The minimum Gasteiger partial charge on any atom is -0.423 e. The number of ether oxygens (including phenoxy) is 1. The highest BCUT2D eigenvalue weighted by Gasteiger charge is 2.45. The Morgan fingerprint density at radius 3 is 2.64 bits per heavy atom. The third-order valence-corrected chi connectivity index (χ3v) is 5.92. The quantitative estimate of drug-likeness (QED) is 0.268. The van der Waals surface area contributed by atoms with Crippen molar-refractivity contribution in [2.45, 2.75) is 31.5 Å². The van der Waals surface area contributed by atoms with E-state index < -0.39 is 55.8 Å². The van der Waals surface area contributed by atoms with Crippen molar-refractivity contribution in [1.82, 2.24) is 9.55 Å². The molecule has 3 aromatic rings. The molecule has 2 aromatic heterocycles. The molecule has 176 valence electrons. The molecule has 1 fully saturated rings. The van der Waals surface area contributed by atoms with Crippen molar-refractivity contribution >= 4 is 18.8 Å². The molecule has 4 rings (SSSR count). The lowest BCUT2D eigenvalue weighted by atomic mass is 10.1. The highest BCUT2D eigenvalue weighted by molar-refractivity contribution is 7.47. The van der Waals surface area contributed by atoms with Crippen molar-refractivity contribution in [2.75, 3.05) is 6.61 Å². The maximum Gasteiger partial charge on any atom is 0.527 e. The van der Waals surface area contributed by atoms with Gasteiger partial charge in [0.15, 0.2) is 6.23 Å². The number of phosphoric acid groups is 1. The number of nitrogens with zero attached hydrogens (tertiary/aromatic N) is 1. The maximum absolute atomic E-state index is 12.4. The molecule has 14 heteroatoms. The van der Waals surface area contributed by atoms with Gasteiger partial charge < -0.3 is 23.9 Å². The van der Waals surface area contributed by atoms with Gasteiger partial charge in [-0.25, -0.2) is 14.2 Å². The van der Waals surface area contributed by atoms with E-state index in [1.807, 2.05) is 4.98 Å². The van der Waals surface area contributed by atoms with Crippen LogP contribution in [-0.2, 0) is 13.8 Å². The normalized spacial score (nSPS) is 24.6. The summed E-state index contributed by atoms with van der Waals surface area (Å²) >= 11 is 0. The number of phosphoric ester groups is 1. The Bertz CT molecular complexity index is 1410. The molecule has 33 heavy (non-hydrogen) atoms. The van der Waals surface area contributed by atoms with Crippen LogP contribution in [0.25, 0.3) is 11.0 Å². The Kier molecular flexibility index (Phi) is 6.10. The van der Waals surface area contributed by atoms with Crippen LogP contribution >= 0.6 is 7.82 Å². The van der Waals surface area contributed by atoms with Gasteiger partial charge in [-0.3, -0.25) is 23.8 Å². The van der Waals surface area contributed by atoms with Gasteiger partial charge in [-0.2, -0.15) is 0 Å². The molecular weight excluding hydrogens is 463 g/mol. The summed E-state index contributed by atoms with van der Waals surface area (Å²) in [4.78, 5) is 46.7. The van der Waals surface area contributed by atoms with E-state index in [0.717, 1.165) is 16.8 Å². The van der Waals surface area contributed by atoms with Gasteiger partial charge >= 0.3 is 19.1 Å². The molecule has 1 unspecified atom stereocenters. The van der Waals surface area contributed by atoms with Crippen molar-refractivity contribution in [1.29, 1.82) is 0 Å². The zero-order valence-electron chi connectivity index (χ0n) is 17.0. The topological polar surface area (TPSA) is 191 Å². The molecule has 0 bridgehead atoms. The van der Waals surface area contributed by atoms with Gasteiger partial charge in [0.25, 0.3) is 5.56 Å². The number of hydrogen-bond donors (Lipinski definition) is 4. The summed E-state index contributed by atoms with van der Waals surface area (Å²) in [6, 6.07) is 6.50. The summed E-state index contributed by atoms with van der Waals surface area (Å²) in [5.74, 6) is -0.118. The zero-order valence-corrected chi connectivity index (χ0v) is 17.9. The number of fused-ring (bicyclic) bond motifs is 1. The fourth-order valence-corrected chi connectivity index (χ4v) is 4.18. The Morgan fingerprint density at radius 1 is 1.15 bits per heavy atom. The monoisotopic (exact) mass is 482 g/mol. The molecule has 1 aromatic carbocycles. The van der Waals surface area contributed by atoms with Crippen molar-refractivity contribution in [3.8, 4) is 5.75 Å². The van der Waals surface area contributed by atoms with Crippen molar-refractivity contribution in [2.24, 2.45) is 0 Å². The van der Waals surface area contributed by atoms with Crippen LogP contribution in [0.4, 0.5) is 0 Å². The number of rotatable bonds is 6. The van der Waals surface area contributed by atoms with Gasteiger partial charge in [0.05, 0.1) is 6.61 Å². The number of hydrogen-bond acceptors (Lipinski definition) is 10. The first-order valence-corrected chi connectivity index (χ1v) is 11.1. The van der Waals surface area contributed by atoms with E-state index in [9.17, 15) is 34.1 Å². The number of nitrogens with one attached hydrogen (secondary N) is 1. The zero-order chi connectivity index (χ0) is 23.9. The standard InChI is InChI=1S/C19H19N2O11P/c1-9-6-15(23)30-12-7-10(2-3-11(9)12)32-33(27,28)29-8-13-16(24)17(25)18(31-13)21-5-4-14(22)20-19(21)26/h2-7,13,16-18,24-25H,8H2,1H3,(H,27,28)(H,20,22,26)/t13-,16-,17-,18-/m1/s1. The predicted molar refractivity (Wildman–Crippen MR) is 111 cm³/mol. The van der Waals surface area contributed by atoms with Gasteiger partial charge in [0, 0.05) is 29.8 Å². The van der Waals surface area contributed by atoms with Gasteiger partial charge in [0.1, 0.15) is 29.6 Å². The first-order chi connectivity index (χ1) is 15.5. The molecule has 0 spiro atoms. The van der Waals surface area contributed by atoms with E-state index in [-0.39, 0.29) is 11.3 Å². The van der Waals surface area contributed by atoms with Crippen LogP contribution in [0.3, 0.4) is 0 Å². The minimum absolute atomic E-state index is 0.118. The second kappa shape index (κ2) is 8.71. The fraction of sp³-hybridized carbons (Fsp3) is 0.316. The van der Waals surface area contributed by atoms with E-state index in [1.54, 1.807) is 6.92 Å². The second-order valence-corrected chi connectivity index (χ2v) is 8.70. The number of aliphatic hydroxyl groups is 2. The van der Waals surface area contributed by atoms with Crippen LogP contribution in [-0.4, -0.2) is 49.6 Å². The van der Waals surface area contributed by atoms with Gasteiger partial charge in [-0.1, -0.05) is 0 Å². The van der Waals surface area contributed by atoms with E-state index in [4.69, 9.17) is 18.2 Å². The Hall–Kier alpha value is -3.06. The third kappa shape index (κ3) is 4.83. The van der Waals surface area contributed by atoms with Crippen LogP contribution in [0.1, 0.15) is 11.8 Å². The molecule has 13 nitrogen and oxygen atoms in total. The smallest absolute Gasteiger partial charge is 0.423 e. The van der Waals surface area contributed by atoms with E-state index >= 15 is 0 Å². The lowest BCUT2D eigenvalue weighted by molar-refractivity contribution is -0.0540. The van der Waals surface area contributed by atoms with Crippen molar-refractivity contribution in [3.63, 3.8) is 0 Å². The molecule has 3 heterocycles. The Balaban J connectivity index is 1.45. The van der Waals surface area contributed by atoms with Gasteiger partial charge in [-0.05, 0) is 24.6 Å². The minimum atomic E-state index is -4.73. The lowest BCUT2D eigenvalue weighted by Gasteiger charge is -2.18. The van der Waals surface area contributed by atoms with Crippen LogP contribution in [0.5, 0.6) is 5.75 Å². The fourth-order valence-electron chi connectivity index (χ4n) is 3.41. The molecule has 0 saturated carbocycles. The number of aromatic nitrogens is 2. The average Bonchev–Trinajstić information content (AvgIpc) is 3.00. The van der Waals surface area contributed by atoms with Crippen LogP contribution < -0.4 is 21.4 Å². The van der Waals surface area contributed by atoms with Crippen molar-refractivity contribution in [3.05, 3.63) is 73.4 Å². The van der Waals surface area contributed by atoms with Crippen LogP contribution in [0.2, 0.25) is 0 Å². The van der Waals surface area contributed by atoms with Crippen LogP contribution in [0, 0.1) is 6.92 Å². The maximum atomic E-state index is 12.4. The highest BCUT2D eigenvalue weighted by atomic mass is 31.2. The molecule has 0 radical (unpaired) electrons. The van der Waals surface area contributed by atoms with Gasteiger partial charge in [0.2, 0.25) is 0 Å². The average molecular weight is 482 g/mol. The second-order valence-electron chi connectivity index (χ2n) is 7.33. The third-order valence-electron chi connectivity index (χ3n) is 5.01. The number of benzene rings is 1. The number of aromatic amines is 1. The van der Waals surface area contributed by atoms with E-state index in [1.165, 1.54) is 24.3 Å². The molecule has 0 aliphatic carbocycles. The molecule has 4 N–H and O–H groups in total. The predicted octanol–water partition coefficient (Wildman–Crippen LogP) is -0.233. The number of aryl methyl sites for hydroxylation is 1. The highest BCUT2D eigenvalue weighted by Crippen LogP contribution is 2.45. The Morgan fingerprint density at radius 2 is 1.91 bits per heavy atom.